The fourth-order valence-electron chi connectivity index (χ4n) is 4.95. The van der Waals surface area contributed by atoms with Crippen molar-refractivity contribution in [1.29, 1.82) is 0 Å². The molecule has 0 aromatic heterocycles. The van der Waals surface area contributed by atoms with Gasteiger partial charge >= 0.3 is 0 Å². The van der Waals surface area contributed by atoms with Gasteiger partial charge in [0.05, 0.1) is 5.41 Å². The summed E-state index contributed by atoms with van der Waals surface area (Å²) < 4.78 is 0. The van der Waals surface area contributed by atoms with Crippen LogP contribution in [0.25, 0.3) is 11.1 Å². The fraction of sp³-hybridized carbons (Fsp3) is 0.111. The van der Waals surface area contributed by atoms with Gasteiger partial charge in [-0.25, -0.2) is 0 Å². The molecule has 4 aromatic rings. The molecular weight excluding hydrogens is 352 g/mol. The van der Waals surface area contributed by atoms with E-state index in [0.717, 1.165) is 22.5 Å². The molecule has 0 bridgehead atoms. The molecule has 0 fully saturated rings. The molecule has 2 nitrogen and oxygen atoms in total. The van der Waals surface area contributed by atoms with Gasteiger partial charge in [0, 0.05) is 11.4 Å². The van der Waals surface area contributed by atoms with E-state index in [1.807, 2.05) is 12.1 Å². The van der Waals surface area contributed by atoms with Crippen LogP contribution in [0.15, 0.2) is 84.9 Å². The molecule has 5 rings (SSSR count). The van der Waals surface area contributed by atoms with Gasteiger partial charge < -0.3 is 11.5 Å². The minimum Gasteiger partial charge on any atom is -0.398 e. The lowest BCUT2D eigenvalue weighted by Crippen LogP contribution is -2.31. The molecule has 2 heteroatoms. The third kappa shape index (κ3) is 2.35. The minimum atomic E-state index is -0.542. The van der Waals surface area contributed by atoms with Gasteiger partial charge in [-0.2, -0.15) is 0 Å². The Hall–Kier alpha value is -3.52. The summed E-state index contributed by atoms with van der Waals surface area (Å²) in [6, 6.07) is 29.9. The van der Waals surface area contributed by atoms with Crippen molar-refractivity contribution in [3.8, 4) is 11.1 Å². The lowest BCUT2D eigenvalue weighted by molar-refractivity contribution is 0.772. The van der Waals surface area contributed by atoms with E-state index in [1.165, 1.54) is 33.4 Å². The molecular formula is C27H24N2. The van der Waals surface area contributed by atoms with Crippen LogP contribution >= 0.6 is 0 Å². The number of anilines is 2. The molecule has 0 atom stereocenters. The molecule has 142 valence electrons. The highest BCUT2D eigenvalue weighted by atomic mass is 14.6. The topological polar surface area (TPSA) is 52.0 Å². The molecule has 0 aliphatic heterocycles. The van der Waals surface area contributed by atoms with Gasteiger partial charge in [0.15, 0.2) is 0 Å². The van der Waals surface area contributed by atoms with E-state index >= 15 is 0 Å². The smallest absolute Gasteiger partial charge is 0.0753 e. The lowest BCUT2D eigenvalue weighted by atomic mass is 9.66. The Bertz CT molecular complexity index is 1150. The van der Waals surface area contributed by atoms with Crippen molar-refractivity contribution >= 4 is 11.4 Å². The quantitative estimate of drug-likeness (QED) is 0.381. The summed E-state index contributed by atoms with van der Waals surface area (Å²) in [6.07, 6.45) is 0. The molecule has 4 aromatic carbocycles. The fourth-order valence-corrected chi connectivity index (χ4v) is 4.95. The standard InChI is InChI=1S/C27H24N2/c1-17-11-13-25(28)23(15-17)27(24-16-18(2)12-14-26(24)29)21-9-5-3-7-19(21)20-8-4-6-10-22(20)27/h3-16H,28-29H2,1-2H3. The van der Waals surface area contributed by atoms with Gasteiger partial charge in [0.2, 0.25) is 0 Å². The third-order valence-corrected chi connectivity index (χ3v) is 6.18. The minimum absolute atomic E-state index is 0.542. The van der Waals surface area contributed by atoms with Crippen LogP contribution in [0.4, 0.5) is 11.4 Å². The van der Waals surface area contributed by atoms with Crippen LogP contribution in [0.5, 0.6) is 0 Å². The summed E-state index contributed by atoms with van der Waals surface area (Å²) in [5.41, 5.74) is 23.8. The predicted octanol–water partition coefficient (Wildman–Crippen LogP) is 5.83. The van der Waals surface area contributed by atoms with E-state index in [1.54, 1.807) is 0 Å². The summed E-state index contributed by atoms with van der Waals surface area (Å²) in [5, 5.41) is 0. The number of fused-ring (bicyclic) bond motifs is 3. The molecule has 1 aliphatic carbocycles. The summed E-state index contributed by atoms with van der Waals surface area (Å²) in [5.74, 6) is 0. The van der Waals surface area contributed by atoms with Crippen molar-refractivity contribution < 1.29 is 0 Å². The number of benzene rings is 4. The van der Waals surface area contributed by atoms with Crippen LogP contribution in [0.1, 0.15) is 33.4 Å². The summed E-state index contributed by atoms with van der Waals surface area (Å²) >= 11 is 0. The molecule has 0 unspecified atom stereocenters. The second-order valence-corrected chi connectivity index (χ2v) is 8.02. The summed E-state index contributed by atoms with van der Waals surface area (Å²) in [7, 11) is 0. The van der Waals surface area contributed by atoms with Crippen molar-refractivity contribution in [1.82, 2.24) is 0 Å². The molecule has 0 amide bonds. The lowest BCUT2D eigenvalue weighted by Gasteiger charge is -2.36. The zero-order valence-corrected chi connectivity index (χ0v) is 16.7. The Morgan fingerprint density at radius 3 is 1.38 bits per heavy atom. The van der Waals surface area contributed by atoms with Gasteiger partial charge in [0.1, 0.15) is 0 Å². The van der Waals surface area contributed by atoms with Crippen molar-refractivity contribution in [3.05, 3.63) is 118 Å². The first kappa shape index (κ1) is 17.6. The molecule has 0 spiro atoms. The normalized spacial score (nSPS) is 13.7. The highest BCUT2D eigenvalue weighted by molar-refractivity contribution is 5.89. The maximum atomic E-state index is 6.65. The third-order valence-electron chi connectivity index (χ3n) is 6.18. The van der Waals surface area contributed by atoms with Gasteiger partial charge in [-0.05, 0) is 59.4 Å². The molecule has 0 saturated heterocycles. The largest absolute Gasteiger partial charge is 0.398 e. The number of hydrogen-bond donors (Lipinski definition) is 2. The molecule has 0 heterocycles. The van der Waals surface area contributed by atoms with Crippen molar-refractivity contribution in [2.24, 2.45) is 0 Å². The Morgan fingerprint density at radius 1 is 0.517 bits per heavy atom. The average molecular weight is 377 g/mol. The summed E-state index contributed by atoms with van der Waals surface area (Å²) in [4.78, 5) is 0. The molecule has 29 heavy (non-hydrogen) atoms. The Balaban J connectivity index is 2.04. The van der Waals surface area contributed by atoms with Gasteiger partial charge in [-0.1, -0.05) is 83.9 Å². The Labute approximate surface area is 171 Å². The number of nitrogen functional groups attached to an aromatic ring is 2. The monoisotopic (exact) mass is 376 g/mol. The number of nitrogens with two attached hydrogens (primary N) is 2. The Morgan fingerprint density at radius 2 is 0.931 bits per heavy atom. The van der Waals surface area contributed by atoms with Crippen molar-refractivity contribution in [2.75, 3.05) is 11.5 Å². The van der Waals surface area contributed by atoms with Crippen molar-refractivity contribution in [3.63, 3.8) is 0 Å². The van der Waals surface area contributed by atoms with E-state index < -0.39 is 5.41 Å². The van der Waals surface area contributed by atoms with Gasteiger partial charge in [-0.15, -0.1) is 0 Å². The average Bonchev–Trinajstić information content (AvgIpc) is 3.03. The second-order valence-electron chi connectivity index (χ2n) is 8.02. The maximum absolute atomic E-state index is 6.65. The van der Waals surface area contributed by atoms with Crippen LogP contribution in [0.2, 0.25) is 0 Å². The van der Waals surface area contributed by atoms with Crippen LogP contribution in [0.3, 0.4) is 0 Å². The van der Waals surface area contributed by atoms with Crippen LogP contribution in [-0.2, 0) is 5.41 Å². The molecule has 0 saturated carbocycles. The van der Waals surface area contributed by atoms with E-state index in [-0.39, 0.29) is 0 Å². The first-order chi connectivity index (χ1) is 14.0. The predicted molar refractivity (Wildman–Crippen MR) is 122 cm³/mol. The van der Waals surface area contributed by atoms with E-state index in [9.17, 15) is 0 Å². The van der Waals surface area contributed by atoms with Crippen LogP contribution in [0, 0.1) is 13.8 Å². The van der Waals surface area contributed by atoms with Gasteiger partial charge in [-0.3, -0.25) is 0 Å². The van der Waals surface area contributed by atoms with Crippen molar-refractivity contribution in [2.45, 2.75) is 19.3 Å². The van der Waals surface area contributed by atoms with Crippen LogP contribution in [-0.4, -0.2) is 0 Å². The Kier molecular flexibility index (Phi) is 3.78. The number of hydrogen-bond acceptors (Lipinski definition) is 2. The first-order valence-corrected chi connectivity index (χ1v) is 9.96. The molecule has 4 N–H and O–H groups in total. The number of rotatable bonds is 2. The number of aryl methyl sites for hydroxylation is 2. The first-order valence-electron chi connectivity index (χ1n) is 9.96. The van der Waals surface area contributed by atoms with Gasteiger partial charge in [0.25, 0.3) is 0 Å². The second kappa shape index (κ2) is 6.25. The van der Waals surface area contributed by atoms with E-state index in [2.05, 4.69) is 86.6 Å². The molecule has 0 radical (unpaired) electrons. The zero-order chi connectivity index (χ0) is 20.2. The molecule has 1 aliphatic rings. The SMILES string of the molecule is Cc1ccc(N)c(C2(c3cc(C)ccc3N)c3ccccc3-c3ccccc32)c1. The van der Waals surface area contributed by atoms with Crippen LogP contribution < -0.4 is 11.5 Å². The summed E-state index contributed by atoms with van der Waals surface area (Å²) in [6.45, 7) is 4.23. The van der Waals surface area contributed by atoms with E-state index in [4.69, 9.17) is 11.5 Å². The van der Waals surface area contributed by atoms with E-state index in [0.29, 0.717) is 0 Å². The highest BCUT2D eigenvalue weighted by Gasteiger charge is 2.47. The maximum Gasteiger partial charge on any atom is 0.0753 e. The highest BCUT2D eigenvalue weighted by Crippen LogP contribution is 2.58. The zero-order valence-electron chi connectivity index (χ0n) is 16.7.